The molecule has 0 amide bonds. The average molecular weight is 281 g/mol. The van der Waals surface area contributed by atoms with Gasteiger partial charge in [0.2, 0.25) is 0 Å². The molecule has 0 saturated heterocycles. The van der Waals surface area contributed by atoms with Crippen molar-refractivity contribution in [2.45, 2.75) is 12.5 Å². The van der Waals surface area contributed by atoms with Crippen LogP contribution in [-0.4, -0.2) is 6.00 Å². The van der Waals surface area contributed by atoms with E-state index in [1.54, 1.807) is 18.4 Å². The molecule has 0 spiro atoms. The van der Waals surface area contributed by atoms with Gasteiger partial charge in [-0.1, -0.05) is 12.1 Å². The van der Waals surface area contributed by atoms with E-state index >= 15 is 0 Å². The Hall–Kier alpha value is -0.403. The van der Waals surface area contributed by atoms with Crippen LogP contribution in [0.5, 0.6) is 5.75 Å². The minimum absolute atomic E-state index is 0.521. The molecule has 0 N–H and O–H groups in total. The molecule has 1 aromatic rings. The second kappa shape index (κ2) is 5.62. The van der Waals surface area contributed by atoms with Gasteiger partial charge in [-0.2, -0.15) is 0 Å². The molecule has 0 aromatic heterocycles. The lowest BCUT2D eigenvalue weighted by Crippen LogP contribution is -2.09. The Labute approximate surface area is 103 Å². The summed E-state index contributed by atoms with van der Waals surface area (Å²) in [5.74, 6) is 0.521. The minimum Gasteiger partial charge on any atom is -0.388 e. The van der Waals surface area contributed by atoms with E-state index in [2.05, 4.69) is 4.74 Å². The van der Waals surface area contributed by atoms with E-state index in [1.807, 2.05) is 12.1 Å². The summed E-state index contributed by atoms with van der Waals surface area (Å²) in [7, 11) is 0. The van der Waals surface area contributed by atoms with Crippen LogP contribution >= 0.6 is 33.2 Å². The highest BCUT2D eigenvalue weighted by Crippen LogP contribution is 2.27. The Kier molecular flexibility index (Phi) is 4.74. The zero-order chi connectivity index (χ0) is 11.3. The predicted molar refractivity (Wildman–Crippen MR) is 64.5 cm³/mol. The van der Waals surface area contributed by atoms with Crippen molar-refractivity contribution in [1.82, 2.24) is 0 Å². The maximum Gasteiger partial charge on any atom is 0.341 e. The third-order valence-electron chi connectivity index (χ3n) is 1.78. The molecule has 80 valence electrons. The van der Waals surface area contributed by atoms with E-state index in [-0.39, 0.29) is 0 Å². The van der Waals surface area contributed by atoms with Gasteiger partial charge in [-0.25, -0.2) is 0 Å². The summed E-state index contributed by atoms with van der Waals surface area (Å²) in [6.45, 7) is 0. The largest absolute Gasteiger partial charge is 0.388 e. The van der Waals surface area contributed by atoms with E-state index in [0.717, 1.165) is 12.0 Å². The van der Waals surface area contributed by atoms with Gasteiger partial charge in [0.25, 0.3) is 6.26 Å². The van der Waals surface area contributed by atoms with Crippen molar-refractivity contribution in [2.75, 3.05) is 0 Å². The predicted octanol–water partition coefficient (Wildman–Crippen LogP) is 3.74. The lowest BCUT2D eigenvalue weighted by molar-refractivity contribution is 0.507. The Morgan fingerprint density at radius 2 is 1.80 bits per heavy atom. The number of hydrogen-bond acceptors (Lipinski definition) is 2. The van der Waals surface area contributed by atoms with Gasteiger partial charge in [0.05, 0.1) is 0 Å². The Balaban J connectivity index is 2.54. The zero-order valence-corrected chi connectivity index (χ0v) is 11.0. The third-order valence-corrected chi connectivity index (χ3v) is 4.30. The summed E-state index contributed by atoms with van der Waals surface area (Å²) in [5, 5.41) is 8.28. The highest BCUT2D eigenvalue weighted by atomic mass is 35.8. The number of nitriles is 1. The summed E-state index contributed by atoms with van der Waals surface area (Å²) in [4.78, 5) is 0. The number of ether oxygens (including phenoxy) is 1. The molecule has 0 heterocycles. The van der Waals surface area contributed by atoms with Gasteiger partial charge >= 0.3 is 6.00 Å². The van der Waals surface area contributed by atoms with Gasteiger partial charge < -0.3 is 4.74 Å². The first-order valence-corrected chi connectivity index (χ1v) is 9.47. The SMILES string of the molecule is N#COc1ccc(CC[Si](Cl)(Cl)Cl)cc1. The van der Waals surface area contributed by atoms with Crippen LogP contribution in [0.15, 0.2) is 24.3 Å². The second-order valence-electron chi connectivity index (χ2n) is 2.95. The Morgan fingerprint density at radius 1 is 1.20 bits per heavy atom. The van der Waals surface area contributed by atoms with Crippen LogP contribution in [0.4, 0.5) is 0 Å². The van der Waals surface area contributed by atoms with Crippen molar-refractivity contribution >= 4 is 39.2 Å². The molecule has 0 fully saturated rings. The summed E-state index contributed by atoms with van der Waals surface area (Å²) < 4.78 is 4.64. The van der Waals surface area contributed by atoms with Gasteiger partial charge in [0.1, 0.15) is 5.75 Å². The third kappa shape index (κ3) is 5.29. The van der Waals surface area contributed by atoms with Crippen LogP contribution in [0.2, 0.25) is 6.04 Å². The van der Waals surface area contributed by atoms with Crippen molar-refractivity contribution in [3.8, 4) is 12.0 Å². The summed E-state index contributed by atoms with van der Waals surface area (Å²) in [6, 6.07) is 5.22. The lowest BCUT2D eigenvalue weighted by Gasteiger charge is -2.07. The molecule has 0 aliphatic rings. The van der Waals surface area contributed by atoms with Crippen LogP contribution in [0.25, 0.3) is 0 Å². The molecule has 0 atom stereocenters. The van der Waals surface area contributed by atoms with Gasteiger partial charge in [0, 0.05) is 0 Å². The van der Waals surface area contributed by atoms with Crippen LogP contribution in [0.1, 0.15) is 5.56 Å². The smallest absolute Gasteiger partial charge is 0.341 e. The average Bonchev–Trinajstić information content (AvgIpc) is 2.16. The van der Waals surface area contributed by atoms with Crippen LogP contribution in [0.3, 0.4) is 0 Å². The zero-order valence-electron chi connectivity index (χ0n) is 7.71. The van der Waals surface area contributed by atoms with Gasteiger partial charge in [0.15, 0.2) is 0 Å². The van der Waals surface area contributed by atoms with Crippen LogP contribution < -0.4 is 4.74 Å². The normalized spacial score (nSPS) is 10.8. The maximum absolute atomic E-state index is 8.28. The van der Waals surface area contributed by atoms with Crippen LogP contribution in [0, 0.1) is 11.5 Å². The van der Waals surface area contributed by atoms with Gasteiger partial charge in [-0.05, 0) is 30.2 Å². The number of halogens is 3. The number of rotatable bonds is 4. The molecule has 0 saturated carbocycles. The van der Waals surface area contributed by atoms with Crippen molar-refractivity contribution in [2.24, 2.45) is 0 Å². The monoisotopic (exact) mass is 279 g/mol. The number of aryl methyl sites for hydroxylation is 1. The molecule has 0 unspecified atom stereocenters. The maximum atomic E-state index is 8.28. The highest BCUT2D eigenvalue weighted by Gasteiger charge is 2.23. The highest BCUT2D eigenvalue weighted by molar-refractivity contribution is 7.64. The van der Waals surface area contributed by atoms with Crippen molar-refractivity contribution in [3.05, 3.63) is 29.8 Å². The second-order valence-corrected chi connectivity index (χ2v) is 12.2. The summed E-state index contributed by atoms with van der Waals surface area (Å²) in [6.07, 6.45) is 2.33. The summed E-state index contributed by atoms with van der Waals surface area (Å²) >= 11 is 17.3. The molecular formula is C9H8Cl3NOSi. The van der Waals surface area contributed by atoms with E-state index in [9.17, 15) is 0 Å². The standard InChI is InChI=1S/C9H8Cl3NOSi/c10-15(11,12)6-5-8-1-3-9(4-2-8)14-7-13/h1-4H,5-6H2. The summed E-state index contributed by atoms with van der Waals surface area (Å²) in [5.41, 5.74) is 1.07. The molecule has 0 aliphatic carbocycles. The molecule has 1 rings (SSSR count). The van der Waals surface area contributed by atoms with Crippen molar-refractivity contribution in [3.63, 3.8) is 0 Å². The fourth-order valence-electron chi connectivity index (χ4n) is 1.06. The quantitative estimate of drug-likeness (QED) is 0.478. The van der Waals surface area contributed by atoms with Gasteiger partial charge in [-0.15, -0.1) is 38.5 Å². The molecule has 0 radical (unpaired) electrons. The molecule has 0 bridgehead atoms. The van der Waals surface area contributed by atoms with E-state index < -0.39 is 6.00 Å². The number of benzene rings is 1. The number of nitrogens with zero attached hydrogens (tertiary/aromatic N) is 1. The van der Waals surface area contributed by atoms with Crippen molar-refractivity contribution < 1.29 is 4.74 Å². The lowest BCUT2D eigenvalue weighted by atomic mass is 10.2. The van der Waals surface area contributed by atoms with E-state index in [0.29, 0.717) is 11.8 Å². The molecule has 1 aromatic carbocycles. The molecule has 6 heteroatoms. The first-order chi connectivity index (χ1) is 7.01. The fraction of sp³-hybridized carbons (Fsp3) is 0.222. The number of hydrogen-bond donors (Lipinski definition) is 0. The van der Waals surface area contributed by atoms with E-state index in [4.69, 9.17) is 38.5 Å². The molecule has 15 heavy (non-hydrogen) atoms. The topological polar surface area (TPSA) is 33.0 Å². The Morgan fingerprint density at radius 3 is 2.27 bits per heavy atom. The molecule has 2 nitrogen and oxygen atoms in total. The first kappa shape index (κ1) is 12.7. The van der Waals surface area contributed by atoms with Crippen molar-refractivity contribution in [1.29, 1.82) is 5.26 Å². The molecule has 0 aliphatic heterocycles. The Bertz CT molecular complexity index is 355. The van der Waals surface area contributed by atoms with Crippen LogP contribution in [-0.2, 0) is 6.42 Å². The minimum atomic E-state index is -2.54. The molecular weight excluding hydrogens is 273 g/mol. The van der Waals surface area contributed by atoms with E-state index in [1.165, 1.54) is 0 Å². The van der Waals surface area contributed by atoms with Gasteiger partial charge in [-0.3, -0.25) is 0 Å². The fourth-order valence-corrected chi connectivity index (χ4v) is 2.49. The first-order valence-electron chi connectivity index (χ1n) is 4.23.